The van der Waals surface area contributed by atoms with Crippen LogP contribution in [0.3, 0.4) is 0 Å². The van der Waals surface area contributed by atoms with Gasteiger partial charge in [0.25, 0.3) is 0 Å². The molecule has 1 aliphatic rings. The molecule has 0 N–H and O–H groups in total. The van der Waals surface area contributed by atoms with Crippen LogP contribution in [0.5, 0.6) is 0 Å². The lowest BCUT2D eigenvalue weighted by Crippen LogP contribution is -2.09. The van der Waals surface area contributed by atoms with Gasteiger partial charge in [0.1, 0.15) is 0 Å². The van der Waals surface area contributed by atoms with E-state index in [1.165, 1.54) is 22.4 Å². The quantitative estimate of drug-likeness (QED) is 0.627. The summed E-state index contributed by atoms with van der Waals surface area (Å²) >= 11 is 0. The molecule has 0 bridgehead atoms. The Morgan fingerprint density at radius 3 is 2.93 bits per heavy atom. The molecule has 0 spiro atoms. The molecule has 0 aliphatic heterocycles. The van der Waals surface area contributed by atoms with Gasteiger partial charge in [-0.25, -0.2) is 0 Å². The molecule has 0 saturated heterocycles. The summed E-state index contributed by atoms with van der Waals surface area (Å²) in [7, 11) is 0. The highest BCUT2D eigenvalue weighted by Gasteiger charge is 2.21. The zero-order valence-corrected chi connectivity index (χ0v) is 8.77. The van der Waals surface area contributed by atoms with E-state index in [9.17, 15) is 0 Å². The van der Waals surface area contributed by atoms with Crippen molar-refractivity contribution in [3.05, 3.63) is 53.7 Å². The maximum absolute atomic E-state index is 4.50. The first-order valence-electron chi connectivity index (χ1n) is 5.39. The molecule has 1 unspecified atom stereocenters. The van der Waals surface area contributed by atoms with Crippen LogP contribution in [0.15, 0.2) is 42.6 Å². The largest absolute Gasteiger partial charge is 0.256 e. The van der Waals surface area contributed by atoms with Crippen LogP contribution in [0.2, 0.25) is 0 Å². The van der Waals surface area contributed by atoms with E-state index in [0.29, 0.717) is 5.92 Å². The minimum atomic E-state index is 0.609. The number of aromatic nitrogens is 1. The lowest BCUT2D eigenvalue weighted by Gasteiger charge is -2.23. The first-order valence-corrected chi connectivity index (χ1v) is 5.39. The molecule has 1 heteroatoms. The standard InChI is InChI=1S/C14H13N/c1-10-9-11-5-4-8-15-14(11)13-7-3-2-6-12(10)13/h2-8,10H,9H2,1H3. The predicted octanol–water partition coefficient (Wildman–Crippen LogP) is 3.41. The fourth-order valence-corrected chi connectivity index (χ4v) is 2.43. The van der Waals surface area contributed by atoms with Crippen LogP contribution in [-0.4, -0.2) is 4.98 Å². The van der Waals surface area contributed by atoms with E-state index in [1.807, 2.05) is 12.3 Å². The zero-order valence-electron chi connectivity index (χ0n) is 8.77. The number of pyridine rings is 1. The fraction of sp³-hybridized carbons (Fsp3) is 0.214. The summed E-state index contributed by atoms with van der Waals surface area (Å²) in [6.45, 7) is 2.29. The van der Waals surface area contributed by atoms with Gasteiger partial charge < -0.3 is 0 Å². The van der Waals surface area contributed by atoms with Gasteiger partial charge in [0.05, 0.1) is 5.69 Å². The van der Waals surface area contributed by atoms with Gasteiger partial charge in [-0.3, -0.25) is 4.98 Å². The van der Waals surface area contributed by atoms with Gasteiger partial charge >= 0.3 is 0 Å². The lowest BCUT2D eigenvalue weighted by molar-refractivity contribution is 0.744. The van der Waals surface area contributed by atoms with Gasteiger partial charge in [0.2, 0.25) is 0 Å². The van der Waals surface area contributed by atoms with E-state index >= 15 is 0 Å². The summed E-state index contributed by atoms with van der Waals surface area (Å²) < 4.78 is 0. The predicted molar refractivity (Wildman–Crippen MR) is 61.8 cm³/mol. The molecular formula is C14H13N. The number of hydrogen-bond donors (Lipinski definition) is 0. The summed E-state index contributed by atoms with van der Waals surface area (Å²) in [4.78, 5) is 4.50. The number of nitrogens with zero attached hydrogens (tertiary/aromatic N) is 1. The minimum absolute atomic E-state index is 0.609. The fourth-order valence-electron chi connectivity index (χ4n) is 2.43. The molecule has 0 fully saturated rings. The van der Waals surface area contributed by atoms with Crippen LogP contribution < -0.4 is 0 Å². The lowest BCUT2D eigenvalue weighted by atomic mass is 9.82. The van der Waals surface area contributed by atoms with Crippen LogP contribution in [-0.2, 0) is 6.42 Å². The number of benzene rings is 1. The number of fused-ring (bicyclic) bond motifs is 3. The van der Waals surface area contributed by atoms with E-state index in [4.69, 9.17) is 0 Å². The van der Waals surface area contributed by atoms with Crippen LogP contribution >= 0.6 is 0 Å². The van der Waals surface area contributed by atoms with Crippen LogP contribution in [0.1, 0.15) is 24.0 Å². The molecule has 0 saturated carbocycles. The van der Waals surface area contributed by atoms with Crippen LogP contribution in [0, 0.1) is 0 Å². The smallest absolute Gasteiger partial charge is 0.0736 e. The van der Waals surface area contributed by atoms with Crippen molar-refractivity contribution < 1.29 is 0 Å². The van der Waals surface area contributed by atoms with E-state index in [1.54, 1.807) is 0 Å². The minimum Gasteiger partial charge on any atom is -0.256 e. The normalized spacial score (nSPS) is 18.1. The Kier molecular flexibility index (Phi) is 1.84. The van der Waals surface area contributed by atoms with E-state index < -0.39 is 0 Å². The van der Waals surface area contributed by atoms with Crippen molar-refractivity contribution in [3.8, 4) is 11.3 Å². The second kappa shape index (κ2) is 3.20. The average molecular weight is 195 g/mol. The third kappa shape index (κ3) is 1.27. The molecule has 0 amide bonds. The Bertz CT molecular complexity index is 502. The summed E-state index contributed by atoms with van der Waals surface area (Å²) in [5.41, 5.74) is 5.30. The Morgan fingerprint density at radius 2 is 2.00 bits per heavy atom. The average Bonchev–Trinajstić information content (AvgIpc) is 2.30. The Labute approximate surface area is 89.8 Å². The molecule has 3 rings (SSSR count). The maximum atomic E-state index is 4.50. The van der Waals surface area contributed by atoms with Gasteiger partial charge in [-0.05, 0) is 29.5 Å². The van der Waals surface area contributed by atoms with Crippen LogP contribution in [0.25, 0.3) is 11.3 Å². The Balaban J connectivity index is 2.30. The second-order valence-corrected chi connectivity index (χ2v) is 4.20. The second-order valence-electron chi connectivity index (χ2n) is 4.20. The van der Waals surface area contributed by atoms with E-state index in [2.05, 4.69) is 42.2 Å². The molecule has 1 atom stereocenters. The topological polar surface area (TPSA) is 12.9 Å². The van der Waals surface area contributed by atoms with Crippen molar-refractivity contribution >= 4 is 0 Å². The molecular weight excluding hydrogens is 182 g/mol. The third-order valence-corrected chi connectivity index (χ3v) is 3.16. The summed E-state index contributed by atoms with van der Waals surface area (Å²) in [6, 6.07) is 12.8. The molecule has 1 aliphatic carbocycles. The zero-order chi connectivity index (χ0) is 10.3. The highest BCUT2D eigenvalue weighted by atomic mass is 14.7. The molecule has 1 nitrogen and oxygen atoms in total. The molecule has 2 aromatic rings. The first-order chi connectivity index (χ1) is 7.36. The van der Waals surface area contributed by atoms with Crippen molar-refractivity contribution in [2.24, 2.45) is 0 Å². The first kappa shape index (κ1) is 8.66. The van der Waals surface area contributed by atoms with Crippen molar-refractivity contribution in [1.29, 1.82) is 0 Å². The molecule has 74 valence electrons. The number of hydrogen-bond acceptors (Lipinski definition) is 1. The van der Waals surface area contributed by atoms with Crippen molar-refractivity contribution in [2.75, 3.05) is 0 Å². The third-order valence-electron chi connectivity index (χ3n) is 3.16. The highest BCUT2D eigenvalue weighted by molar-refractivity contribution is 5.70. The van der Waals surface area contributed by atoms with Gasteiger partial charge in [-0.2, -0.15) is 0 Å². The molecule has 1 aromatic carbocycles. The maximum Gasteiger partial charge on any atom is 0.0736 e. The molecule has 1 aromatic heterocycles. The van der Waals surface area contributed by atoms with Gasteiger partial charge in [-0.15, -0.1) is 0 Å². The van der Waals surface area contributed by atoms with Crippen molar-refractivity contribution in [2.45, 2.75) is 19.3 Å². The monoisotopic (exact) mass is 195 g/mol. The van der Waals surface area contributed by atoms with E-state index in [-0.39, 0.29) is 0 Å². The molecule has 15 heavy (non-hydrogen) atoms. The van der Waals surface area contributed by atoms with Gasteiger partial charge in [-0.1, -0.05) is 37.3 Å². The molecule has 0 radical (unpaired) electrons. The highest BCUT2D eigenvalue weighted by Crippen LogP contribution is 2.37. The van der Waals surface area contributed by atoms with Gasteiger partial charge in [0.15, 0.2) is 0 Å². The van der Waals surface area contributed by atoms with E-state index in [0.717, 1.165) is 6.42 Å². The Hall–Kier alpha value is -1.63. The van der Waals surface area contributed by atoms with Gasteiger partial charge in [0, 0.05) is 11.8 Å². The Morgan fingerprint density at radius 1 is 1.13 bits per heavy atom. The van der Waals surface area contributed by atoms with Crippen molar-refractivity contribution in [3.63, 3.8) is 0 Å². The summed E-state index contributed by atoms with van der Waals surface area (Å²) in [6.07, 6.45) is 2.99. The van der Waals surface area contributed by atoms with Crippen LogP contribution in [0.4, 0.5) is 0 Å². The molecule has 1 heterocycles. The SMILES string of the molecule is CC1Cc2cccnc2-c2ccccc21. The van der Waals surface area contributed by atoms with Crippen molar-refractivity contribution in [1.82, 2.24) is 4.98 Å². The number of rotatable bonds is 0. The summed E-state index contributed by atoms with van der Waals surface area (Å²) in [5, 5.41) is 0. The summed E-state index contributed by atoms with van der Waals surface area (Å²) in [5.74, 6) is 0.609.